The minimum atomic E-state index is -0.695. The third-order valence-electron chi connectivity index (χ3n) is 4.30. The average Bonchev–Trinajstić information content (AvgIpc) is 2.86. The van der Waals surface area contributed by atoms with Crippen molar-refractivity contribution < 1.29 is 14.6 Å². The molecule has 2 aliphatic heterocycles. The molecule has 0 amide bonds. The summed E-state index contributed by atoms with van der Waals surface area (Å²) in [6, 6.07) is 3.91. The number of rotatable bonds is 3. The Balaban J connectivity index is 1.79. The number of benzene rings is 1. The molecular formula is C16H20ClNO3. The fourth-order valence-corrected chi connectivity index (χ4v) is 3.74. The van der Waals surface area contributed by atoms with E-state index in [0.717, 1.165) is 41.3 Å². The van der Waals surface area contributed by atoms with Gasteiger partial charge in [0, 0.05) is 36.6 Å². The third-order valence-corrected chi connectivity index (χ3v) is 4.52. The van der Waals surface area contributed by atoms with Crippen LogP contribution in [-0.4, -0.2) is 35.7 Å². The van der Waals surface area contributed by atoms with Crippen LogP contribution >= 0.6 is 11.6 Å². The van der Waals surface area contributed by atoms with Crippen LogP contribution in [0.25, 0.3) is 0 Å². The van der Waals surface area contributed by atoms with E-state index in [0.29, 0.717) is 25.6 Å². The van der Waals surface area contributed by atoms with Crippen molar-refractivity contribution in [1.29, 1.82) is 0 Å². The van der Waals surface area contributed by atoms with Gasteiger partial charge in [-0.2, -0.15) is 0 Å². The van der Waals surface area contributed by atoms with Crippen molar-refractivity contribution in [2.45, 2.75) is 26.3 Å². The third kappa shape index (κ3) is 3.16. The van der Waals surface area contributed by atoms with Crippen molar-refractivity contribution in [3.8, 4) is 5.75 Å². The Morgan fingerprint density at radius 2 is 2.29 bits per heavy atom. The molecule has 1 saturated heterocycles. The first-order valence-electron chi connectivity index (χ1n) is 7.42. The number of nitrogens with zero attached hydrogens (tertiary/aromatic N) is 1. The highest BCUT2D eigenvalue weighted by molar-refractivity contribution is 6.30. The van der Waals surface area contributed by atoms with Gasteiger partial charge in [0.25, 0.3) is 0 Å². The van der Waals surface area contributed by atoms with Crippen LogP contribution in [0.2, 0.25) is 5.02 Å². The summed E-state index contributed by atoms with van der Waals surface area (Å²) >= 11 is 6.19. The lowest BCUT2D eigenvalue weighted by atomic mass is 9.90. The van der Waals surface area contributed by atoms with Gasteiger partial charge < -0.3 is 9.84 Å². The van der Waals surface area contributed by atoms with Crippen LogP contribution in [0.1, 0.15) is 24.5 Å². The topological polar surface area (TPSA) is 49.8 Å². The quantitative estimate of drug-likeness (QED) is 0.933. The molecular weight excluding hydrogens is 290 g/mol. The van der Waals surface area contributed by atoms with Crippen LogP contribution in [0.15, 0.2) is 12.1 Å². The standard InChI is InChI=1S/C16H20ClNO3/c1-10-4-13(16(19)20)9-18(7-10)8-12-6-14(17)5-11-2-3-21-15(11)12/h5-6,10,13H,2-4,7-9H2,1H3,(H,19,20). The van der Waals surface area contributed by atoms with Gasteiger partial charge in [-0.15, -0.1) is 0 Å². The molecule has 5 heteroatoms. The van der Waals surface area contributed by atoms with Gasteiger partial charge in [-0.25, -0.2) is 0 Å². The number of fused-ring (bicyclic) bond motifs is 1. The summed E-state index contributed by atoms with van der Waals surface area (Å²) in [5.41, 5.74) is 2.24. The summed E-state index contributed by atoms with van der Waals surface area (Å²) in [5, 5.41) is 10.00. The van der Waals surface area contributed by atoms with Gasteiger partial charge >= 0.3 is 5.97 Å². The molecule has 0 aromatic heterocycles. The van der Waals surface area contributed by atoms with Gasteiger partial charge in [0.15, 0.2) is 0 Å². The molecule has 0 spiro atoms. The zero-order chi connectivity index (χ0) is 15.0. The van der Waals surface area contributed by atoms with Gasteiger partial charge in [0.1, 0.15) is 5.75 Å². The molecule has 2 heterocycles. The first kappa shape index (κ1) is 14.7. The number of ether oxygens (including phenoxy) is 1. The molecule has 1 fully saturated rings. The second kappa shape index (κ2) is 5.85. The molecule has 0 saturated carbocycles. The Kier molecular flexibility index (Phi) is 4.09. The van der Waals surface area contributed by atoms with E-state index in [1.165, 1.54) is 0 Å². The van der Waals surface area contributed by atoms with Crippen LogP contribution in [0.4, 0.5) is 0 Å². The Morgan fingerprint density at radius 1 is 1.48 bits per heavy atom. The fourth-order valence-electron chi connectivity index (χ4n) is 3.47. The van der Waals surface area contributed by atoms with Crippen LogP contribution in [0, 0.1) is 11.8 Å². The maximum absolute atomic E-state index is 11.3. The first-order chi connectivity index (χ1) is 10.0. The summed E-state index contributed by atoms with van der Waals surface area (Å²) in [6.45, 7) is 5.04. The lowest BCUT2D eigenvalue weighted by Gasteiger charge is -2.34. The number of carboxylic acids is 1. The zero-order valence-corrected chi connectivity index (χ0v) is 12.9. The molecule has 1 aromatic rings. The van der Waals surface area contributed by atoms with Gasteiger partial charge in [0.05, 0.1) is 12.5 Å². The van der Waals surface area contributed by atoms with Gasteiger partial charge in [-0.3, -0.25) is 9.69 Å². The second-order valence-corrected chi connectivity index (χ2v) is 6.66. The molecule has 4 nitrogen and oxygen atoms in total. The number of aliphatic carboxylic acids is 1. The van der Waals surface area contributed by atoms with Crippen molar-refractivity contribution in [1.82, 2.24) is 4.90 Å². The van der Waals surface area contributed by atoms with E-state index in [2.05, 4.69) is 11.8 Å². The minimum absolute atomic E-state index is 0.276. The lowest BCUT2D eigenvalue weighted by molar-refractivity contribution is -0.144. The number of likely N-dealkylation sites (tertiary alicyclic amines) is 1. The molecule has 0 bridgehead atoms. The fraction of sp³-hybridized carbons (Fsp3) is 0.562. The van der Waals surface area contributed by atoms with E-state index in [1.807, 2.05) is 12.1 Å². The molecule has 2 aliphatic rings. The van der Waals surface area contributed by atoms with Crippen molar-refractivity contribution in [3.63, 3.8) is 0 Å². The molecule has 0 aliphatic carbocycles. The second-order valence-electron chi connectivity index (χ2n) is 6.22. The predicted molar refractivity (Wildman–Crippen MR) is 80.8 cm³/mol. The number of hydrogen-bond donors (Lipinski definition) is 1. The Bertz CT molecular complexity index is 561. The molecule has 2 atom stereocenters. The minimum Gasteiger partial charge on any atom is -0.493 e. The average molecular weight is 310 g/mol. The zero-order valence-electron chi connectivity index (χ0n) is 12.1. The van der Waals surface area contributed by atoms with Crippen LogP contribution in [0.5, 0.6) is 5.75 Å². The normalized spacial score (nSPS) is 25.4. The van der Waals surface area contributed by atoms with E-state index < -0.39 is 5.97 Å². The van der Waals surface area contributed by atoms with E-state index in [4.69, 9.17) is 16.3 Å². The number of halogens is 1. The smallest absolute Gasteiger partial charge is 0.307 e. The van der Waals surface area contributed by atoms with E-state index >= 15 is 0 Å². The molecule has 0 radical (unpaired) electrons. The summed E-state index contributed by atoms with van der Waals surface area (Å²) in [6.07, 6.45) is 1.66. The van der Waals surface area contributed by atoms with Crippen LogP contribution < -0.4 is 4.74 Å². The Labute approximate surface area is 129 Å². The first-order valence-corrected chi connectivity index (χ1v) is 7.80. The molecule has 3 rings (SSSR count). The lowest BCUT2D eigenvalue weighted by Crippen LogP contribution is -2.42. The monoisotopic (exact) mass is 309 g/mol. The van der Waals surface area contributed by atoms with Crippen molar-refractivity contribution in [2.75, 3.05) is 19.7 Å². The van der Waals surface area contributed by atoms with Crippen LogP contribution in [-0.2, 0) is 17.8 Å². The van der Waals surface area contributed by atoms with Gasteiger partial charge in [-0.05, 0) is 30.0 Å². The van der Waals surface area contributed by atoms with Gasteiger partial charge in [-0.1, -0.05) is 18.5 Å². The molecule has 1 aromatic carbocycles. The Morgan fingerprint density at radius 3 is 3.05 bits per heavy atom. The maximum Gasteiger partial charge on any atom is 0.307 e. The largest absolute Gasteiger partial charge is 0.493 e. The van der Waals surface area contributed by atoms with E-state index in [-0.39, 0.29) is 5.92 Å². The summed E-state index contributed by atoms with van der Waals surface area (Å²) in [5.74, 6) is 0.374. The number of piperidine rings is 1. The van der Waals surface area contributed by atoms with Crippen LogP contribution in [0.3, 0.4) is 0 Å². The number of carbonyl (C=O) groups is 1. The highest BCUT2D eigenvalue weighted by Crippen LogP contribution is 2.34. The Hall–Kier alpha value is -1.26. The molecule has 114 valence electrons. The van der Waals surface area contributed by atoms with Gasteiger partial charge in [0.2, 0.25) is 0 Å². The molecule has 21 heavy (non-hydrogen) atoms. The van der Waals surface area contributed by atoms with Crippen molar-refractivity contribution in [2.24, 2.45) is 11.8 Å². The molecule has 1 N–H and O–H groups in total. The van der Waals surface area contributed by atoms with Crippen molar-refractivity contribution >= 4 is 17.6 Å². The van der Waals surface area contributed by atoms with E-state index in [1.54, 1.807) is 0 Å². The summed E-state index contributed by atoms with van der Waals surface area (Å²) < 4.78 is 5.73. The highest BCUT2D eigenvalue weighted by atomic mass is 35.5. The summed E-state index contributed by atoms with van der Waals surface area (Å²) in [7, 11) is 0. The van der Waals surface area contributed by atoms with E-state index in [9.17, 15) is 9.90 Å². The molecule has 2 unspecified atom stereocenters. The van der Waals surface area contributed by atoms with Crippen molar-refractivity contribution in [3.05, 3.63) is 28.3 Å². The number of hydrogen-bond acceptors (Lipinski definition) is 3. The maximum atomic E-state index is 11.3. The number of carboxylic acid groups (broad SMARTS) is 1. The highest BCUT2D eigenvalue weighted by Gasteiger charge is 2.30. The SMILES string of the molecule is CC1CC(C(=O)O)CN(Cc2cc(Cl)cc3c2OCC3)C1. The predicted octanol–water partition coefficient (Wildman–Crippen LogP) is 2.82. The summed E-state index contributed by atoms with van der Waals surface area (Å²) in [4.78, 5) is 13.5.